The number of fused-ring (bicyclic) bond motifs is 1. The van der Waals surface area contributed by atoms with Crippen LogP contribution in [-0.4, -0.2) is 45.4 Å². The summed E-state index contributed by atoms with van der Waals surface area (Å²) in [5.74, 6) is 0.742. The molecule has 6 nitrogen and oxygen atoms in total. The number of hydrogen-bond acceptors (Lipinski definition) is 6. The summed E-state index contributed by atoms with van der Waals surface area (Å²) >= 11 is 28.0. The van der Waals surface area contributed by atoms with E-state index in [0.717, 1.165) is 109 Å². The van der Waals surface area contributed by atoms with Crippen LogP contribution in [0.5, 0.6) is 11.5 Å². The number of ether oxygens (including phenoxy) is 3. The maximum atomic E-state index is 14.6. The molecule has 0 N–H and O–H groups in total. The van der Waals surface area contributed by atoms with Crippen LogP contribution in [0, 0.1) is 0 Å². The van der Waals surface area contributed by atoms with Crippen LogP contribution < -0.4 is 19.3 Å². The van der Waals surface area contributed by atoms with Crippen LogP contribution in [0.15, 0.2) is 109 Å². The Bertz CT molecular complexity index is 2360. The van der Waals surface area contributed by atoms with E-state index in [1.54, 1.807) is 0 Å². The van der Waals surface area contributed by atoms with Crippen molar-refractivity contribution in [3.8, 4) is 11.5 Å². The second kappa shape index (κ2) is 21.1. The Balaban J connectivity index is 1.41. The third-order valence-corrected chi connectivity index (χ3v) is 14.3. The van der Waals surface area contributed by atoms with Crippen LogP contribution in [0.4, 0.5) is 11.4 Å². The van der Waals surface area contributed by atoms with Crippen molar-refractivity contribution in [2.45, 2.75) is 83.7 Å². The van der Waals surface area contributed by atoms with Crippen LogP contribution in [0.3, 0.4) is 0 Å². The van der Waals surface area contributed by atoms with Gasteiger partial charge in [-0.15, -0.1) is 0 Å². The molecule has 2 saturated heterocycles. The van der Waals surface area contributed by atoms with Crippen LogP contribution in [0.1, 0.15) is 116 Å². The van der Waals surface area contributed by atoms with E-state index in [2.05, 4.69) is 72.2 Å². The van der Waals surface area contributed by atoms with Gasteiger partial charge in [0.2, 0.25) is 0 Å². The molecule has 3 aliphatic heterocycles. The Labute approximate surface area is 398 Å². The molecule has 64 heavy (non-hydrogen) atoms. The highest BCUT2D eigenvalue weighted by molar-refractivity contribution is 6.53. The fraction of sp³-hybridized carbons (Fsp3) is 0.352. The molecule has 2 fully saturated rings. The SMILES string of the molecule is CCCCCOc1ccccc1C(=CC1(C=C(c2ccc(N3CCCC3)cc2)c2ccccc2OCCCCC)OC(=O)c2c(Cl)c(Cl)c(Cl)c(Cl)c21)c1ccc(N2CCCC2)cc1. The standard InChI is InChI=1S/C54H56Cl4N2O4/c1-3-5-15-33-62-45-19-9-7-17-41(45)43(37-21-25-39(26-22-37)59-29-11-12-30-59)35-54(48-47(53(61)64-54)49(55)51(57)52(58)50(48)56)36-44(38-23-27-40(28-24-38)60-31-13-14-32-60)42-18-8-10-20-46(42)63-34-16-6-4-2/h7-10,17-28,35-36H,3-6,11-16,29-34H2,1-2H3. The van der Waals surface area contributed by atoms with Crippen molar-refractivity contribution in [2.75, 3.05) is 49.2 Å². The molecular formula is C54H56Cl4N2O4. The molecule has 8 rings (SSSR count). The van der Waals surface area contributed by atoms with Crippen LogP contribution >= 0.6 is 46.4 Å². The van der Waals surface area contributed by atoms with E-state index < -0.39 is 11.6 Å². The lowest BCUT2D eigenvalue weighted by atomic mass is 9.82. The van der Waals surface area contributed by atoms with Crippen molar-refractivity contribution >= 4 is 74.9 Å². The van der Waals surface area contributed by atoms with E-state index >= 15 is 0 Å². The summed E-state index contributed by atoms with van der Waals surface area (Å²) < 4.78 is 19.9. The van der Waals surface area contributed by atoms with Gasteiger partial charge in [0.25, 0.3) is 0 Å². The Morgan fingerprint density at radius 1 is 0.578 bits per heavy atom. The number of carbonyl (C=O) groups is 1. The van der Waals surface area contributed by atoms with Crippen molar-refractivity contribution in [2.24, 2.45) is 0 Å². The second-order valence-corrected chi connectivity index (χ2v) is 18.4. The zero-order valence-electron chi connectivity index (χ0n) is 36.7. The van der Waals surface area contributed by atoms with Gasteiger partial charge in [0.1, 0.15) is 11.5 Å². The first kappa shape index (κ1) is 46.0. The van der Waals surface area contributed by atoms with Crippen molar-refractivity contribution in [1.29, 1.82) is 0 Å². The minimum atomic E-state index is -1.68. The number of cyclic esters (lactones) is 1. The molecule has 5 aromatic carbocycles. The predicted molar refractivity (Wildman–Crippen MR) is 266 cm³/mol. The number of esters is 1. The molecule has 0 unspecified atom stereocenters. The first-order chi connectivity index (χ1) is 31.2. The summed E-state index contributed by atoms with van der Waals surface area (Å²) in [5, 5.41) is 0.0703. The van der Waals surface area contributed by atoms with Gasteiger partial charge >= 0.3 is 5.97 Å². The molecule has 0 atom stereocenters. The Morgan fingerprint density at radius 2 is 1.00 bits per heavy atom. The van der Waals surface area contributed by atoms with Gasteiger partial charge in [-0.3, -0.25) is 0 Å². The molecule has 3 aliphatic rings. The quantitative estimate of drug-likeness (QED) is 0.0378. The molecule has 0 radical (unpaired) electrons. The summed E-state index contributed by atoms with van der Waals surface area (Å²) in [6, 6.07) is 33.2. The Morgan fingerprint density at radius 3 is 1.44 bits per heavy atom. The summed E-state index contributed by atoms with van der Waals surface area (Å²) in [6.07, 6.45) is 14.7. The van der Waals surface area contributed by atoms with E-state index in [1.807, 2.05) is 60.7 Å². The van der Waals surface area contributed by atoms with E-state index in [-0.39, 0.29) is 25.7 Å². The number of hydrogen-bond donors (Lipinski definition) is 0. The Kier molecular flexibility index (Phi) is 15.2. The maximum Gasteiger partial charge on any atom is 0.341 e. The molecule has 0 saturated carbocycles. The maximum absolute atomic E-state index is 14.6. The summed E-state index contributed by atoms with van der Waals surface area (Å²) in [5.41, 5.74) is 5.96. The molecule has 3 heterocycles. The number of benzene rings is 5. The van der Waals surface area contributed by atoms with Gasteiger partial charge in [0.05, 0.1) is 38.9 Å². The van der Waals surface area contributed by atoms with Gasteiger partial charge in [-0.05, 0) is 109 Å². The van der Waals surface area contributed by atoms with Crippen molar-refractivity contribution < 1.29 is 19.0 Å². The third-order valence-electron chi connectivity index (χ3n) is 12.5. The first-order valence-corrected chi connectivity index (χ1v) is 24.4. The van der Waals surface area contributed by atoms with E-state index in [4.69, 9.17) is 60.6 Å². The van der Waals surface area contributed by atoms with E-state index in [9.17, 15) is 4.79 Å². The minimum absolute atomic E-state index is 0.0140. The lowest BCUT2D eigenvalue weighted by Gasteiger charge is -2.28. The van der Waals surface area contributed by atoms with Gasteiger partial charge in [0.15, 0.2) is 5.60 Å². The van der Waals surface area contributed by atoms with Gasteiger partial charge in [-0.1, -0.05) is 147 Å². The number of nitrogens with zero attached hydrogens (tertiary/aromatic N) is 2. The fourth-order valence-electron chi connectivity index (χ4n) is 9.11. The zero-order chi connectivity index (χ0) is 44.6. The molecule has 0 bridgehead atoms. The summed E-state index contributed by atoms with van der Waals surface area (Å²) in [4.78, 5) is 19.4. The molecule has 334 valence electrons. The van der Waals surface area contributed by atoms with Crippen LogP contribution in [0.2, 0.25) is 20.1 Å². The number of anilines is 2. The number of unbranched alkanes of at least 4 members (excludes halogenated alkanes) is 4. The molecule has 10 heteroatoms. The van der Waals surface area contributed by atoms with Gasteiger partial charge in [0, 0.05) is 54.2 Å². The van der Waals surface area contributed by atoms with E-state index in [1.165, 1.54) is 25.7 Å². The second-order valence-electron chi connectivity index (χ2n) is 16.9. The number of para-hydroxylation sites is 2. The monoisotopic (exact) mass is 936 g/mol. The van der Waals surface area contributed by atoms with Gasteiger partial charge in [-0.25, -0.2) is 4.79 Å². The number of rotatable bonds is 18. The summed E-state index contributed by atoms with van der Waals surface area (Å²) in [6.45, 7) is 9.54. The highest BCUT2D eigenvalue weighted by Gasteiger charge is 2.48. The van der Waals surface area contributed by atoms with Crippen molar-refractivity contribution in [1.82, 2.24) is 0 Å². The zero-order valence-corrected chi connectivity index (χ0v) is 39.8. The predicted octanol–water partition coefficient (Wildman–Crippen LogP) is 15.3. The lowest BCUT2D eigenvalue weighted by molar-refractivity contribution is 0.0300. The smallest absolute Gasteiger partial charge is 0.341 e. The van der Waals surface area contributed by atoms with Crippen molar-refractivity contribution in [3.63, 3.8) is 0 Å². The molecular weight excluding hydrogens is 882 g/mol. The lowest BCUT2D eigenvalue weighted by Crippen LogP contribution is -2.23. The highest BCUT2D eigenvalue weighted by atomic mass is 35.5. The Hall–Kier alpha value is -4.59. The molecule has 0 aromatic heterocycles. The normalized spacial score (nSPS) is 17.6. The molecule has 0 amide bonds. The largest absolute Gasteiger partial charge is 0.493 e. The average Bonchev–Trinajstić information content (AvgIpc) is 4.12. The topological polar surface area (TPSA) is 51.2 Å². The van der Waals surface area contributed by atoms with Crippen LogP contribution in [-0.2, 0) is 10.3 Å². The first-order valence-electron chi connectivity index (χ1n) is 22.9. The molecule has 0 aliphatic carbocycles. The fourth-order valence-corrected chi connectivity index (χ4v) is 10.2. The van der Waals surface area contributed by atoms with Gasteiger partial charge < -0.3 is 24.0 Å². The van der Waals surface area contributed by atoms with Crippen LogP contribution in [0.25, 0.3) is 11.1 Å². The number of carbonyl (C=O) groups excluding carboxylic acids is 1. The van der Waals surface area contributed by atoms with Crippen molar-refractivity contribution in [3.05, 3.63) is 163 Å². The average molecular weight is 939 g/mol. The minimum Gasteiger partial charge on any atom is -0.493 e. The molecule has 0 spiro atoms. The van der Waals surface area contributed by atoms with E-state index in [0.29, 0.717) is 30.3 Å². The summed E-state index contributed by atoms with van der Waals surface area (Å²) in [7, 11) is 0. The van der Waals surface area contributed by atoms with Gasteiger partial charge in [-0.2, -0.15) is 0 Å². The third kappa shape index (κ3) is 9.82. The number of halogens is 4. The molecule has 5 aromatic rings. The highest BCUT2D eigenvalue weighted by Crippen LogP contribution is 2.54.